The van der Waals surface area contributed by atoms with Crippen molar-refractivity contribution in [3.8, 4) is 0 Å². The van der Waals surface area contributed by atoms with Crippen LogP contribution in [0.4, 0.5) is 0 Å². The summed E-state index contributed by atoms with van der Waals surface area (Å²) in [5.74, 6) is -1.29. The number of carboxylic acids is 1. The first-order chi connectivity index (χ1) is 8.34. The average Bonchev–Trinajstić information content (AvgIpc) is 3.07. The number of hydrogen-bond donors (Lipinski definition) is 2. The normalized spacial score (nSPS) is 17.3. The molecule has 1 aliphatic rings. The fraction of sp³-hybridized carbons (Fsp3) is 0.857. The predicted molar refractivity (Wildman–Crippen MR) is 70.2 cm³/mol. The highest BCUT2D eigenvalue weighted by atomic mass is 16.4. The molecule has 1 saturated carbocycles. The highest BCUT2D eigenvalue weighted by Crippen LogP contribution is 2.46. The molecule has 1 fully saturated rings. The summed E-state index contributed by atoms with van der Waals surface area (Å²) in [6.45, 7) is 6.95. The Morgan fingerprint density at radius 3 is 2.33 bits per heavy atom. The minimum Gasteiger partial charge on any atom is -0.480 e. The van der Waals surface area contributed by atoms with E-state index in [1.54, 1.807) is 0 Å². The molecule has 4 heteroatoms. The lowest BCUT2D eigenvalue weighted by Crippen LogP contribution is -2.41. The number of carboxylic acid groups (broad SMARTS) is 1. The van der Waals surface area contributed by atoms with Gasteiger partial charge in [-0.25, -0.2) is 0 Å². The summed E-state index contributed by atoms with van der Waals surface area (Å²) < 4.78 is 0. The molecule has 18 heavy (non-hydrogen) atoms. The number of aliphatic carboxylic acids is 1. The fourth-order valence-electron chi connectivity index (χ4n) is 2.09. The van der Waals surface area contributed by atoms with Crippen molar-refractivity contribution in [2.45, 2.75) is 59.3 Å². The first-order valence-corrected chi connectivity index (χ1v) is 6.86. The molecule has 0 aliphatic heterocycles. The topological polar surface area (TPSA) is 66.4 Å². The molecular weight excluding hydrogens is 230 g/mol. The zero-order valence-electron chi connectivity index (χ0n) is 11.7. The number of amides is 1. The maximum atomic E-state index is 11.9. The Morgan fingerprint density at radius 1 is 1.28 bits per heavy atom. The van der Waals surface area contributed by atoms with E-state index < -0.39 is 11.4 Å². The lowest BCUT2D eigenvalue weighted by atomic mass is 9.86. The molecule has 0 bridgehead atoms. The molecular formula is C14H25NO3. The van der Waals surface area contributed by atoms with Gasteiger partial charge in [-0.2, -0.15) is 0 Å². The first kappa shape index (κ1) is 15.0. The third-order valence-corrected chi connectivity index (χ3v) is 3.78. The number of unbranched alkanes of at least 4 members (excludes halogenated alkanes) is 2. The molecule has 1 rings (SSSR count). The van der Waals surface area contributed by atoms with Gasteiger partial charge < -0.3 is 10.4 Å². The van der Waals surface area contributed by atoms with Crippen molar-refractivity contribution >= 4 is 11.9 Å². The zero-order valence-corrected chi connectivity index (χ0v) is 11.7. The summed E-state index contributed by atoms with van der Waals surface area (Å²) in [6, 6.07) is 0. The van der Waals surface area contributed by atoms with E-state index in [4.69, 9.17) is 5.11 Å². The van der Waals surface area contributed by atoms with Crippen molar-refractivity contribution in [3.63, 3.8) is 0 Å². The fourth-order valence-corrected chi connectivity index (χ4v) is 2.09. The van der Waals surface area contributed by atoms with E-state index in [1.807, 2.05) is 0 Å². The number of carbonyl (C=O) groups is 2. The van der Waals surface area contributed by atoms with E-state index in [-0.39, 0.29) is 11.3 Å². The Hall–Kier alpha value is -1.06. The van der Waals surface area contributed by atoms with Crippen LogP contribution in [-0.4, -0.2) is 23.5 Å². The van der Waals surface area contributed by atoms with Crippen molar-refractivity contribution in [2.75, 3.05) is 6.54 Å². The van der Waals surface area contributed by atoms with Gasteiger partial charge in [0.25, 0.3) is 0 Å². The average molecular weight is 255 g/mol. The summed E-state index contributed by atoms with van der Waals surface area (Å²) >= 11 is 0. The van der Waals surface area contributed by atoms with Gasteiger partial charge in [-0.3, -0.25) is 9.59 Å². The smallest absolute Gasteiger partial charge is 0.319 e. The van der Waals surface area contributed by atoms with Gasteiger partial charge in [0.1, 0.15) is 5.41 Å². The third-order valence-electron chi connectivity index (χ3n) is 3.78. The van der Waals surface area contributed by atoms with E-state index in [0.29, 0.717) is 19.4 Å². The largest absolute Gasteiger partial charge is 0.480 e. The standard InChI is InChI=1S/C14H25NO3/c1-4-5-6-7-13(2,3)10-15-11(16)14(8-9-14)12(17)18/h4-10H2,1-3H3,(H,15,16)(H,17,18). The Morgan fingerprint density at radius 2 is 1.89 bits per heavy atom. The second-order valence-corrected chi connectivity index (χ2v) is 6.19. The van der Waals surface area contributed by atoms with Gasteiger partial charge in [-0.15, -0.1) is 0 Å². The van der Waals surface area contributed by atoms with Crippen LogP contribution in [0.5, 0.6) is 0 Å². The second-order valence-electron chi connectivity index (χ2n) is 6.19. The van der Waals surface area contributed by atoms with Crippen LogP contribution in [0.1, 0.15) is 59.3 Å². The van der Waals surface area contributed by atoms with Crippen molar-refractivity contribution < 1.29 is 14.7 Å². The summed E-state index contributed by atoms with van der Waals surface area (Å²) in [7, 11) is 0. The first-order valence-electron chi connectivity index (χ1n) is 6.86. The van der Waals surface area contributed by atoms with Gasteiger partial charge >= 0.3 is 5.97 Å². The molecule has 0 radical (unpaired) electrons. The zero-order chi connectivity index (χ0) is 13.8. The van der Waals surface area contributed by atoms with Crippen LogP contribution in [-0.2, 0) is 9.59 Å². The molecule has 0 unspecified atom stereocenters. The van der Waals surface area contributed by atoms with Crippen molar-refractivity contribution in [1.29, 1.82) is 0 Å². The van der Waals surface area contributed by atoms with Crippen LogP contribution in [0.15, 0.2) is 0 Å². The molecule has 1 amide bonds. The second kappa shape index (κ2) is 5.72. The number of hydrogen-bond acceptors (Lipinski definition) is 2. The van der Waals surface area contributed by atoms with Crippen molar-refractivity contribution in [2.24, 2.45) is 10.8 Å². The van der Waals surface area contributed by atoms with Crippen LogP contribution < -0.4 is 5.32 Å². The molecule has 0 atom stereocenters. The molecule has 0 spiro atoms. The van der Waals surface area contributed by atoms with Gasteiger partial charge in [0, 0.05) is 6.54 Å². The van der Waals surface area contributed by atoms with E-state index in [0.717, 1.165) is 12.8 Å². The van der Waals surface area contributed by atoms with Crippen LogP contribution in [0.2, 0.25) is 0 Å². The third kappa shape index (κ3) is 3.72. The van der Waals surface area contributed by atoms with Crippen LogP contribution >= 0.6 is 0 Å². The molecule has 0 saturated heterocycles. The molecule has 0 aromatic rings. The number of nitrogens with one attached hydrogen (secondary N) is 1. The van der Waals surface area contributed by atoms with Gasteiger partial charge in [0.15, 0.2) is 0 Å². The highest BCUT2D eigenvalue weighted by molar-refractivity contribution is 6.04. The maximum absolute atomic E-state index is 11.9. The Kier molecular flexibility index (Phi) is 4.77. The predicted octanol–water partition coefficient (Wildman–Crippen LogP) is 2.57. The van der Waals surface area contributed by atoms with Gasteiger partial charge in [-0.1, -0.05) is 40.0 Å². The number of rotatable bonds is 8. The van der Waals surface area contributed by atoms with Crippen LogP contribution in [0.25, 0.3) is 0 Å². The summed E-state index contributed by atoms with van der Waals surface area (Å²) in [6.07, 6.45) is 5.56. The molecule has 0 aromatic heterocycles. The number of carbonyl (C=O) groups excluding carboxylic acids is 1. The Labute approximate surface area is 109 Å². The monoisotopic (exact) mass is 255 g/mol. The highest BCUT2D eigenvalue weighted by Gasteiger charge is 2.57. The summed E-state index contributed by atoms with van der Waals surface area (Å²) in [5.41, 5.74) is -1.07. The Bertz CT molecular complexity index is 319. The lowest BCUT2D eigenvalue weighted by molar-refractivity contribution is -0.149. The van der Waals surface area contributed by atoms with E-state index in [9.17, 15) is 9.59 Å². The van der Waals surface area contributed by atoms with E-state index in [2.05, 4.69) is 26.1 Å². The summed E-state index contributed by atoms with van der Waals surface area (Å²) in [4.78, 5) is 22.9. The van der Waals surface area contributed by atoms with Crippen molar-refractivity contribution in [3.05, 3.63) is 0 Å². The minimum absolute atomic E-state index is 0.0411. The van der Waals surface area contributed by atoms with E-state index in [1.165, 1.54) is 12.8 Å². The molecule has 2 N–H and O–H groups in total. The quantitative estimate of drug-likeness (QED) is 0.517. The minimum atomic E-state index is -1.11. The Balaban J connectivity index is 2.36. The van der Waals surface area contributed by atoms with Crippen LogP contribution in [0.3, 0.4) is 0 Å². The molecule has 1 aliphatic carbocycles. The maximum Gasteiger partial charge on any atom is 0.319 e. The SMILES string of the molecule is CCCCCC(C)(C)CNC(=O)C1(C(=O)O)CC1. The van der Waals surface area contributed by atoms with E-state index >= 15 is 0 Å². The summed E-state index contributed by atoms with van der Waals surface area (Å²) in [5, 5.41) is 11.8. The molecule has 104 valence electrons. The molecule has 0 aromatic carbocycles. The van der Waals surface area contributed by atoms with Gasteiger partial charge in [0.05, 0.1) is 0 Å². The van der Waals surface area contributed by atoms with Gasteiger partial charge in [0.2, 0.25) is 5.91 Å². The lowest BCUT2D eigenvalue weighted by Gasteiger charge is -2.25. The van der Waals surface area contributed by atoms with Gasteiger partial charge in [-0.05, 0) is 24.7 Å². The van der Waals surface area contributed by atoms with Crippen LogP contribution in [0, 0.1) is 10.8 Å². The van der Waals surface area contributed by atoms with Crippen molar-refractivity contribution in [1.82, 2.24) is 5.32 Å². The molecule has 0 heterocycles. The molecule has 4 nitrogen and oxygen atoms in total.